The number of benzene rings is 1. The van der Waals surface area contributed by atoms with Crippen LogP contribution in [-0.2, 0) is 11.8 Å². The van der Waals surface area contributed by atoms with Crippen LogP contribution in [0.3, 0.4) is 0 Å². The Bertz CT molecular complexity index is 1400. The zero-order valence-electron chi connectivity index (χ0n) is 20.5. The first-order valence-corrected chi connectivity index (χ1v) is 11.6. The first-order chi connectivity index (χ1) is 17.1. The Hall–Kier alpha value is -3.76. The van der Waals surface area contributed by atoms with Gasteiger partial charge in [-0.15, -0.1) is 0 Å². The van der Waals surface area contributed by atoms with Gasteiger partial charge in [0, 0.05) is 51.1 Å². The molecule has 4 rings (SSSR count). The number of hydrogen-bond acceptors (Lipinski definition) is 5. The highest BCUT2D eigenvalue weighted by molar-refractivity contribution is 5.95. The molecule has 0 bridgehead atoms. The second kappa shape index (κ2) is 10.1. The van der Waals surface area contributed by atoms with Gasteiger partial charge in [0.2, 0.25) is 5.91 Å². The summed E-state index contributed by atoms with van der Waals surface area (Å²) >= 11 is 0. The molecule has 8 nitrogen and oxygen atoms in total. The number of nitrogens with zero attached hydrogens (tertiary/aromatic N) is 6. The first-order valence-electron chi connectivity index (χ1n) is 11.6. The lowest BCUT2D eigenvalue weighted by molar-refractivity contribution is -0.130. The minimum atomic E-state index is -2.94. The molecule has 0 saturated carbocycles. The number of pyridine rings is 1. The van der Waals surface area contributed by atoms with E-state index in [2.05, 4.69) is 15.0 Å². The minimum Gasteiger partial charge on any atom is -0.339 e. The van der Waals surface area contributed by atoms with Gasteiger partial charge in [0.15, 0.2) is 5.49 Å². The molecule has 0 aliphatic carbocycles. The predicted molar refractivity (Wildman–Crippen MR) is 127 cm³/mol. The fourth-order valence-electron chi connectivity index (χ4n) is 4.27. The Morgan fingerprint density at radius 3 is 2.36 bits per heavy atom. The van der Waals surface area contributed by atoms with Crippen molar-refractivity contribution in [3.63, 3.8) is 0 Å². The van der Waals surface area contributed by atoms with Crippen molar-refractivity contribution < 1.29 is 22.8 Å². The number of carbonyl (C=O) groups excluding carboxylic acids is 2. The summed E-state index contributed by atoms with van der Waals surface area (Å²) in [6.07, 6.45) is -1.38. The molecule has 1 aliphatic heterocycles. The van der Waals surface area contributed by atoms with E-state index < -0.39 is 23.8 Å². The number of aryl methyl sites for hydroxylation is 2. The topological polar surface area (TPSA) is 83.7 Å². The molecule has 1 fully saturated rings. The van der Waals surface area contributed by atoms with Gasteiger partial charge in [-0.1, -0.05) is 18.2 Å². The van der Waals surface area contributed by atoms with Gasteiger partial charge < -0.3 is 14.4 Å². The summed E-state index contributed by atoms with van der Waals surface area (Å²) in [6, 6.07) is 4.64. The number of fused-ring (bicyclic) bond motifs is 1. The number of hydrogen-bond donors (Lipinski definition) is 0. The van der Waals surface area contributed by atoms with Crippen LogP contribution in [0.1, 0.15) is 53.8 Å². The average Bonchev–Trinajstić information content (AvgIpc) is 2.86. The van der Waals surface area contributed by atoms with Crippen molar-refractivity contribution >= 4 is 22.7 Å². The van der Waals surface area contributed by atoms with Gasteiger partial charge in [-0.25, -0.2) is 23.1 Å². The number of alkyl halides is 2. The maximum atomic E-state index is 14.7. The lowest BCUT2D eigenvalue weighted by atomic mass is 10.0. The molecule has 0 N–H and O–H groups in total. The van der Waals surface area contributed by atoms with Crippen molar-refractivity contribution in [1.82, 2.24) is 24.3 Å². The number of carbonyl (C=O) groups is 2. The standard InChI is InChI=1S/C25H27F3N6O2/c1-14(17-6-5-7-18(22(17)26)23(27)28)30-24-19-12-20(29-13-21(19)32(4)15(2)31-24)25(36)34-10-8-33(9-11-34)16(3)35/h5-7,12-14,23H,8-11H2,1-4H3/b30-24-. The van der Waals surface area contributed by atoms with Gasteiger partial charge >= 0.3 is 0 Å². The number of amides is 2. The third kappa shape index (κ3) is 4.82. The van der Waals surface area contributed by atoms with E-state index in [4.69, 9.17) is 0 Å². The fourth-order valence-corrected chi connectivity index (χ4v) is 4.27. The van der Waals surface area contributed by atoms with Gasteiger partial charge in [-0.05, 0) is 19.9 Å². The maximum Gasteiger partial charge on any atom is 0.272 e. The molecule has 1 saturated heterocycles. The van der Waals surface area contributed by atoms with Gasteiger partial charge in [0.25, 0.3) is 12.3 Å². The van der Waals surface area contributed by atoms with E-state index in [0.717, 1.165) is 6.07 Å². The van der Waals surface area contributed by atoms with Crippen molar-refractivity contribution in [2.75, 3.05) is 26.2 Å². The lowest BCUT2D eigenvalue weighted by Gasteiger charge is -2.34. The van der Waals surface area contributed by atoms with Gasteiger partial charge in [-0.3, -0.25) is 14.6 Å². The number of aromatic nitrogens is 3. The molecule has 2 aromatic heterocycles. The number of piperazine rings is 1. The van der Waals surface area contributed by atoms with E-state index in [9.17, 15) is 22.8 Å². The summed E-state index contributed by atoms with van der Waals surface area (Å²) in [5, 5.41) is 0.529. The van der Waals surface area contributed by atoms with Gasteiger partial charge in [0.1, 0.15) is 17.3 Å². The molecule has 0 spiro atoms. The highest BCUT2D eigenvalue weighted by Crippen LogP contribution is 2.28. The molecule has 1 unspecified atom stereocenters. The van der Waals surface area contributed by atoms with Crippen molar-refractivity contribution in [3.8, 4) is 0 Å². The first kappa shape index (κ1) is 25.3. The highest BCUT2D eigenvalue weighted by Gasteiger charge is 2.25. The van der Waals surface area contributed by atoms with Crippen molar-refractivity contribution in [2.24, 2.45) is 12.0 Å². The fraction of sp³-hybridized carbons (Fsp3) is 0.400. The molecule has 1 aromatic carbocycles. The Labute approximate surface area is 206 Å². The van der Waals surface area contributed by atoms with Gasteiger partial charge in [-0.2, -0.15) is 0 Å². The lowest BCUT2D eigenvalue weighted by Crippen LogP contribution is -2.50. The van der Waals surface area contributed by atoms with Crippen LogP contribution in [0.5, 0.6) is 0 Å². The zero-order chi connectivity index (χ0) is 26.1. The summed E-state index contributed by atoms with van der Waals surface area (Å²) in [6.45, 7) is 6.56. The summed E-state index contributed by atoms with van der Waals surface area (Å²) in [5.74, 6) is -0.696. The average molecular weight is 501 g/mol. The van der Waals surface area contributed by atoms with Crippen LogP contribution in [-0.4, -0.2) is 62.3 Å². The summed E-state index contributed by atoms with van der Waals surface area (Å²) in [7, 11) is 1.80. The van der Waals surface area contributed by atoms with Crippen molar-refractivity contribution in [2.45, 2.75) is 33.2 Å². The quantitative estimate of drug-likeness (QED) is 0.550. The molecule has 36 heavy (non-hydrogen) atoms. The summed E-state index contributed by atoms with van der Waals surface area (Å²) in [4.78, 5) is 41.5. The van der Waals surface area contributed by atoms with Crippen molar-refractivity contribution in [3.05, 3.63) is 64.4 Å². The van der Waals surface area contributed by atoms with Gasteiger partial charge in [0.05, 0.1) is 23.3 Å². The van der Waals surface area contributed by atoms with E-state index in [1.165, 1.54) is 19.1 Å². The second-order valence-electron chi connectivity index (χ2n) is 8.78. The van der Waals surface area contributed by atoms with Crippen LogP contribution in [0, 0.1) is 12.7 Å². The Kier molecular flexibility index (Phi) is 7.09. The van der Waals surface area contributed by atoms with E-state index >= 15 is 0 Å². The minimum absolute atomic E-state index is 0.0299. The second-order valence-corrected chi connectivity index (χ2v) is 8.78. The van der Waals surface area contributed by atoms with Crippen molar-refractivity contribution in [1.29, 1.82) is 0 Å². The predicted octanol–water partition coefficient (Wildman–Crippen LogP) is 3.32. The Balaban J connectivity index is 1.75. The van der Waals surface area contributed by atoms with Crippen LogP contribution >= 0.6 is 0 Å². The molecular weight excluding hydrogens is 473 g/mol. The van der Waals surface area contributed by atoms with E-state index in [1.807, 2.05) is 0 Å². The maximum absolute atomic E-state index is 14.7. The molecule has 1 aliphatic rings. The number of rotatable bonds is 4. The van der Waals surface area contributed by atoms with E-state index in [0.29, 0.717) is 42.9 Å². The smallest absolute Gasteiger partial charge is 0.272 e. The Morgan fingerprint density at radius 1 is 1.08 bits per heavy atom. The van der Waals surface area contributed by atoms with E-state index in [-0.39, 0.29) is 28.6 Å². The monoisotopic (exact) mass is 500 g/mol. The molecule has 3 aromatic rings. The normalized spacial score (nSPS) is 15.6. The summed E-state index contributed by atoms with van der Waals surface area (Å²) < 4.78 is 42.9. The Morgan fingerprint density at radius 2 is 1.72 bits per heavy atom. The van der Waals surface area contributed by atoms with E-state index in [1.54, 1.807) is 47.5 Å². The molecular formula is C25H27F3N6O2. The third-order valence-corrected chi connectivity index (χ3v) is 6.53. The molecule has 190 valence electrons. The van der Waals surface area contributed by atoms with Crippen LogP contribution in [0.25, 0.3) is 10.9 Å². The molecule has 0 radical (unpaired) electrons. The SMILES string of the molecule is CC(=O)N1CCN(C(=O)c2cc3/c(=N/C(C)c4cccc(C(F)F)c4F)nc(C)n(C)c3cn2)CC1. The third-order valence-electron chi connectivity index (χ3n) is 6.53. The highest BCUT2D eigenvalue weighted by atomic mass is 19.3. The van der Waals surface area contributed by atoms with Crippen LogP contribution in [0.4, 0.5) is 13.2 Å². The molecule has 2 amide bonds. The molecule has 1 atom stereocenters. The van der Waals surface area contributed by atoms with Crippen LogP contribution < -0.4 is 5.49 Å². The number of halogens is 3. The summed E-state index contributed by atoms with van der Waals surface area (Å²) in [5.41, 5.74) is 0.465. The molecule has 11 heteroatoms. The van der Waals surface area contributed by atoms with Crippen LogP contribution in [0.2, 0.25) is 0 Å². The molecule has 3 heterocycles. The largest absolute Gasteiger partial charge is 0.339 e. The zero-order valence-corrected chi connectivity index (χ0v) is 20.5. The van der Waals surface area contributed by atoms with Crippen LogP contribution in [0.15, 0.2) is 35.5 Å².